The zero-order chi connectivity index (χ0) is 16.3. The monoisotopic (exact) mass is 294 g/mol. The Balaban J connectivity index is 2.32. The molecule has 0 N–H and O–H groups in total. The van der Waals surface area contributed by atoms with Crippen LogP contribution in [0.15, 0.2) is 49.0 Å². The van der Waals surface area contributed by atoms with Crippen LogP contribution in [-0.4, -0.2) is 11.6 Å². The summed E-state index contributed by atoms with van der Waals surface area (Å²) in [7, 11) is 0. The van der Waals surface area contributed by atoms with Gasteiger partial charge in [-0.25, -0.2) is 0 Å². The molecule has 0 saturated heterocycles. The molecule has 0 amide bonds. The topological polar surface area (TPSA) is 43.4 Å². The fourth-order valence-corrected chi connectivity index (χ4v) is 2.27. The number of carbonyl (C=O) groups is 2. The predicted octanol–water partition coefficient (Wildman–Crippen LogP) is 4.45. The van der Waals surface area contributed by atoms with Crippen LogP contribution in [0.3, 0.4) is 0 Å². The molecule has 0 spiro atoms. The van der Waals surface area contributed by atoms with Crippen LogP contribution < -0.4 is 4.74 Å². The minimum Gasteiger partial charge on any atom is -0.457 e. The number of hydrogen-bond acceptors (Lipinski definition) is 3. The molecule has 3 heteroatoms. The molecule has 0 heterocycles. The largest absolute Gasteiger partial charge is 0.457 e. The highest BCUT2D eigenvalue weighted by Crippen LogP contribution is 2.25. The van der Waals surface area contributed by atoms with E-state index in [2.05, 4.69) is 6.58 Å². The highest BCUT2D eigenvalue weighted by molar-refractivity contribution is 5.98. The van der Waals surface area contributed by atoms with E-state index in [0.29, 0.717) is 28.2 Å². The zero-order valence-electron chi connectivity index (χ0n) is 13.0. The second-order valence-corrected chi connectivity index (χ2v) is 5.16. The quantitative estimate of drug-likeness (QED) is 0.604. The van der Waals surface area contributed by atoms with Gasteiger partial charge in [-0.1, -0.05) is 36.9 Å². The summed E-state index contributed by atoms with van der Waals surface area (Å²) >= 11 is 0. The number of benzene rings is 2. The molecule has 0 bridgehead atoms. The van der Waals surface area contributed by atoms with E-state index in [9.17, 15) is 9.59 Å². The minimum absolute atomic E-state index is 0.0160. The maximum atomic E-state index is 11.7. The van der Waals surface area contributed by atoms with Gasteiger partial charge in [0.1, 0.15) is 11.5 Å². The molecule has 0 saturated carbocycles. The molecule has 0 unspecified atom stereocenters. The second kappa shape index (κ2) is 6.39. The molecule has 0 aromatic heterocycles. The van der Waals surface area contributed by atoms with E-state index in [1.807, 2.05) is 19.1 Å². The van der Waals surface area contributed by atoms with Crippen LogP contribution in [0.25, 0.3) is 5.76 Å². The first-order chi connectivity index (χ1) is 10.4. The zero-order valence-corrected chi connectivity index (χ0v) is 13.0. The van der Waals surface area contributed by atoms with Gasteiger partial charge < -0.3 is 4.74 Å². The maximum Gasteiger partial charge on any atom is 0.160 e. The third kappa shape index (κ3) is 3.31. The van der Waals surface area contributed by atoms with Crippen molar-refractivity contribution >= 4 is 17.3 Å². The molecule has 0 aliphatic rings. The van der Waals surface area contributed by atoms with Gasteiger partial charge >= 0.3 is 0 Å². The summed E-state index contributed by atoms with van der Waals surface area (Å²) in [6.07, 6.45) is 0. The Kier molecular flexibility index (Phi) is 4.56. The van der Waals surface area contributed by atoms with Crippen LogP contribution in [0.4, 0.5) is 0 Å². The minimum atomic E-state index is -0.0475. The Morgan fingerprint density at radius 1 is 0.909 bits per heavy atom. The first-order valence-corrected chi connectivity index (χ1v) is 6.99. The van der Waals surface area contributed by atoms with E-state index in [4.69, 9.17) is 4.74 Å². The Morgan fingerprint density at radius 3 is 2.09 bits per heavy atom. The van der Waals surface area contributed by atoms with Crippen molar-refractivity contribution < 1.29 is 14.3 Å². The molecule has 0 aliphatic heterocycles. The van der Waals surface area contributed by atoms with E-state index in [1.165, 1.54) is 13.8 Å². The van der Waals surface area contributed by atoms with Gasteiger partial charge in [0.2, 0.25) is 0 Å². The summed E-state index contributed by atoms with van der Waals surface area (Å²) in [6, 6.07) is 12.5. The smallest absolute Gasteiger partial charge is 0.160 e. The van der Waals surface area contributed by atoms with Crippen molar-refractivity contribution in [2.24, 2.45) is 0 Å². The number of carbonyl (C=O) groups excluding carboxylic acids is 2. The van der Waals surface area contributed by atoms with Crippen LogP contribution in [0.2, 0.25) is 0 Å². The van der Waals surface area contributed by atoms with E-state index >= 15 is 0 Å². The first kappa shape index (κ1) is 15.7. The van der Waals surface area contributed by atoms with Gasteiger partial charge in [-0.3, -0.25) is 9.59 Å². The van der Waals surface area contributed by atoms with Crippen LogP contribution in [-0.2, 0) is 0 Å². The SMILES string of the molecule is C=C(Oc1ccc(C)c(C(C)=O)c1)c1ccccc1C(C)=O. The molecule has 3 nitrogen and oxygen atoms in total. The van der Waals surface area contributed by atoms with E-state index in [0.717, 1.165) is 5.56 Å². The number of aryl methyl sites for hydroxylation is 1. The van der Waals surface area contributed by atoms with E-state index < -0.39 is 0 Å². The van der Waals surface area contributed by atoms with Gasteiger partial charge in [0.15, 0.2) is 11.6 Å². The van der Waals surface area contributed by atoms with Crippen molar-refractivity contribution in [2.45, 2.75) is 20.8 Å². The Hall–Kier alpha value is -2.68. The lowest BCUT2D eigenvalue weighted by molar-refractivity contribution is 0.100. The molecule has 2 aromatic carbocycles. The van der Waals surface area contributed by atoms with Crippen molar-refractivity contribution in [3.8, 4) is 5.75 Å². The van der Waals surface area contributed by atoms with Crippen molar-refractivity contribution in [3.05, 3.63) is 71.3 Å². The molecule has 0 radical (unpaired) electrons. The van der Waals surface area contributed by atoms with Crippen molar-refractivity contribution in [2.75, 3.05) is 0 Å². The molecule has 112 valence electrons. The van der Waals surface area contributed by atoms with Gasteiger partial charge in [-0.15, -0.1) is 0 Å². The molecular weight excluding hydrogens is 276 g/mol. The second-order valence-electron chi connectivity index (χ2n) is 5.16. The lowest BCUT2D eigenvalue weighted by atomic mass is 10.0. The molecule has 0 fully saturated rings. The average molecular weight is 294 g/mol. The average Bonchev–Trinajstić information content (AvgIpc) is 2.48. The van der Waals surface area contributed by atoms with Crippen molar-refractivity contribution in [1.29, 1.82) is 0 Å². The molecule has 0 aliphatic carbocycles. The fourth-order valence-electron chi connectivity index (χ4n) is 2.27. The highest BCUT2D eigenvalue weighted by atomic mass is 16.5. The van der Waals surface area contributed by atoms with Gasteiger partial charge in [0.05, 0.1) is 0 Å². The van der Waals surface area contributed by atoms with Gasteiger partial charge in [-0.2, -0.15) is 0 Å². The number of ether oxygens (including phenoxy) is 1. The lowest BCUT2D eigenvalue weighted by Crippen LogP contribution is -2.03. The van der Waals surface area contributed by atoms with Crippen molar-refractivity contribution in [1.82, 2.24) is 0 Å². The highest BCUT2D eigenvalue weighted by Gasteiger charge is 2.12. The molecule has 2 rings (SSSR count). The lowest BCUT2D eigenvalue weighted by Gasteiger charge is -2.13. The predicted molar refractivity (Wildman–Crippen MR) is 87.3 cm³/mol. The summed E-state index contributed by atoms with van der Waals surface area (Å²) in [5, 5.41) is 0. The summed E-state index contributed by atoms with van der Waals surface area (Å²) in [4.78, 5) is 23.3. The third-order valence-electron chi connectivity index (χ3n) is 3.44. The number of hydrogen-bond donors (Lipinski definition) is 0. The normalized spacial score (nSPS) is 10.1. The Labute approximate surface area is 130 Å². The summed E-state index contributed by atoms with van der Waals surface area (Å²) in [6.45, 7) is 8.80. The van der Waals surface area contributed by atoms with E-state index in [-0.39, 0.29) is 11.6 Å². The first-order valence-electron chi connectivity index (χ1n) is 6.99. The summed E-state index contributed by atoms with van der Waals surface area (Å²) in [5.74, 6) is 0.842. The summed E-state index contributed by atoms with van der Waals surface area (Å²) < 4.78 is 5.74. The number of ketones is 2. The van der Waals surface area contributed by atoms with Crippen LogP contribution in [0.1, 0.15) is 45.7 Å². The van der Waals surface area contributed by atoms with Gasteiger partial charge in [-0.05, 0) is 38.5 Å². The van der Waals surface area contributed by atoms with Crippen LogP contribution in [0.5, 0.6) is 5.75 Å². The van der Waals surface area contributed by atoms with Crippen molar-refractivity contribution in [3.63, 3.8) is 0 Å². The maximum absolute atomic E-state index is 11.7. The number of rotatable bonds is 5. The van der Waals surface area contributed by atoms with E-state index in [1.54, 1.807) is 30.3 Å². The molecular formula is C19H18O3. The van der Waals surface area contributed by atoms with Gasteiger partial charge in [0.25, 0.3) is 0 Å². The molecule has 2 aromatic rings. The Bertz CT molecular complexity index is 757. The van der Waals surface area contributed by atoms with Crippen LogP contribution in [0, 0.1) is 6.92 Å². The fraction of sp³-hybridized carbons (Fsp3) is 0.158. The van der Waals surface area contributed by atoms with Crippen LogP contribution >= 0.6 is 0 Å². The molecule has 0 atom stereocenters. The third-order valence-corrected chi connectivity index (χ3v) is 3.44. The Morgan fingerprint density at radius 2 is 1.50 bits per heavy atom. The standard InChI is InChI=1S/C19H18O3/c1-12-9-10-16(11-19(12)14(3)21)22-15(4)18-8-6-5-7-17(18)13(2)20/h5-11H,4H2,1-3H3. The van der Waals surface area contributed by atoms with Gasteiger partial charge in [0, 0.05) is 16.7 Å². The number of Topliss-reactive ketones (excluding diaryl/α,β-unsaturated/α-hetero) is 2. The summed E-state index contributed by atoms with van der Waals surface area (Å²) in [5.41, 5.74) is 2.73. The molecule has 22 heavy (non-hydrogen) atoms.